The lowest BCUT2D eigenvalue weighted by Gasteiger charge is -2.17. The van der Waals surface area contributed by atoms with E-state index in [1.165, 1.54) is 0 Å². The third kappa shape index (κ3) is 0.801. The molecule has 86 valence electrons. The predicted molar refractivity (Wildman–Crippen MR) is 68.4 cm³/mol. The van der Waals surface area contributed by atoms with Crippen molar-refractivity contribution in [3.05, 3.63) is 58.7 Å². The van der Waals surface area contributed by atoms with Crippen molar-refractivity contribution >= 4 is 21.7 Å². The van der Waals surface area contributed by atoms with E-state index in [9.17, 15) is 4.79 Å². The standard InChI is InChI=1S/C14H6O3S/c15-13-7-3-1-5-9-11(7)14-12-8(13)4-2-6-10(12)17-18(14)16-9/h1-6H. The van der Waals surface area contributed by atoms with Gasteiger partial charge in [-0.1, -0.05) is 24.3 Å². The second kappa shape index (κ2) is 2.67. The highest BCUT2D eigenvalue weighted by atomic mass is 32.2. The van der Waals surface area contributed by atoms with Gasteiger partial charge in [0, 0.05) is 22.3 Å². The zero-order valence-corrected chi connectivity index (χ0v) is 9.91. The number of benzene rings is 2. The van der Waals surface area contributed by atoms with Crippen LogP contribution in [0.4, 0.5) is 0 Å². The number of carbonyl (C=O) groups excluding carboxylic acids is 1. The minimum absolute atomic E-state index is 0.0620. The van der Waals surface area contributed by atoms with Gasteiger partial charge in [0.05, 0.1) is 4.86 Å². The summed E-state index contributed by atoms with van der Waals surface area (Å²) in [5, 5.41) is 0. The van der Waals surface area contributed by atoms with Crippen LogP contribution < -0.4 is 8.37 Å². The minimum atomic E-state index is -0.681. The molecule has 0 amide bonds. The number of hydrogen-bond donors (Lipinski definition) is 0. The number of hydrogen-bond acceptors (Lipinski definition) is 3. The lowest BCUT2D eigenvalue weighted by molar-refractivity contribution is 0.103. The molecule has 3 aliphatic rings. The Morgan fingerprint density at radius 1 is 0.833 bits per heavy atom. The average molecular weight is 254 g/mol. The van der Waals surface area contributed by atoms with Crippen LogP contribution in [0.1, 0.15) is 27.0 Å². The summed E-state index contributed by atoms with van der Waals surface area (Å²) in [7, 11) is 0. The maximum atomic E-state index is 12.5. The van der Waals surface area contributed by atoms with Gasteiger partial charge in [-0.3, -0.25) is 4.79 Å². The molecule has 2 heterocycles. The number of ketones is 1. The predicted octanol–water partition coefficient (Wildman–Crippen LogP) is 2.68. The van der Waals surface area contributed by atoms with Crippen molar-refractivity contribution in [2.75, 3.05) is 0 Å². The van der Waals surface area contributed by atoms with E-state index in [1.54, 1.807) is 0 Å². The Bertz CT molecular complexity index is 741. The average Bonchev–Trinajstić information content (AvgIpc) is 2.91. The van der Waals surface area contributed by atoms with Gasteiger partial charge < -0.3 is 8.37 Å². The Hall–Kier alpha value is -2.07. The Balaban J connectivity index is 2.02. The molecule has 0 atom stereocenters. The molecule has 0 aromatic heterocycles. The molecule has 1 aliphatic carbocycles. The van der Waals surface area contributed by atoms with Crippen LogP contribution in [-0.2, 0) is 0 Å². The SMILES string of the molecule is O=C1c2cccc3c2C2=S(O3)Oc3cccc1c32. The van der Waals surface area contributed by atoms with Gasteiger partial charge in [-0.15, -0.1) is 0 Å². The fraction of sp³-hybridized carbons (Fsp3) is 0. The van der Waals surface area contributed by atoms with Crippen LogP contribution in [0.2, 0.25) is 0 Å². The maximum Gasteiger partial charge on any atom is 0.194 e. The fourth-order valence-corrected chi connectivity index (χ4v) is 4.31. The first-order valence-corrected chi connectivity index (χ1v) is 6.71. The summed E-state index contributed by atoms with van der Waals surface area (Å²) >= 11 is -0.681. The molecule has 0 saturated heterocycles. The van der Waals surface area contributed by atoms with Crippen LogP contribution in [0.5, 0.6) is 11.5 Å². The Morgan fingerprint density at radius 2 is 1.39 bits per heavy atom. The van der Waals surface area contributed by atoms with Crippen molar-refractivity contribution in [3.63, 3.8) is 0 Å². The molecule has 5 rings (SSSR count). The van der Waals surface area contributed by atoms with Crippen molar-refractivity contribution in [3.8, 4) is 11.5 Å². The molecule has 0 N–H and O–H groups in total. The van der Waals surface area contributed by atoms with E-state index in [0.29, 0.717) is 0 Å². The molecule has 0 spiro atoms. The minimum Gasteiger partial charge on any atom is -0.399 e. The topological polar surface area (TPSA) is 35.5 Å². The Labute approximate surface area is 105 Å². The van der Waals surface area contributed by atoms with Crippen molar-refractivity contribution in [1.29, 1.82) is 0 Å². The van der Waals surface area contributed by atoms with E-state index in [-0.39, 0.29) is 5.78 Å². The largest absolute Gasteiger partial charge is 0.399 e. The molecule has 0 fully saturated rings. The van der Waals surface area contributed by atoms with E-state index in [0.717, 1.165) is 38.6 Å². The quantitative estimate of drug-likeness (QED) is 0.579. The molecule has 2 aromatic rings. The first-order valence-electron chi connectivity index (χ1n) is 5.64. The maximum absolute atomic E-state index is 12.5. The van der Waals surface area contributed by atoms with E-state index >= 15 is 0 Å². The molecule has 18 heavy (non-hydrogen) atoms. The van der Waals surface area contributed by atoms with Gasteiger partial charge in [0.2, 0.25) is 0 Å². The molecule has 2 aromatic carbocycles. The van der Waals surface area contributed by atoms with Crippen molar-refractivity contribution in [2.45, 2.75) is 0 Å². The lowest BCUT2D eigenvalue weighted by atomic mass is 9.84. The molecule has 0 unspecified atom stereocenters. The fourth-order valence-electron chi connectivity index (χ4n) is 2.75. The summed E-state index contributed by atoms with van der Waals surface area (Å²) in [6, 6.07) is 11.2. The molecular formula is C14H6O3S. The van der Waals surface area contributed by atoms with Crippen LogP contribution >= 0.6 is 11.0 Å². The summed E-state index contributed by atoms with van der Waals surface area (Å²) in [4.78, 5) is 13.5. The highest BCUT2D eigenvalue weighted by molar-refractivity contribution is 8.09. The molecule has 0 radical (unpaired) electrons. The summed E-state index contributed by atoms with van der Waals surface area (Å²) in [6.45, 7) is 0. The first kappa shape index (κ1) is 8.94. The normalized spacial score (nSPS) is 17.6. The highest BCUT2D eigenvalue weighted by Gasteiger charge is 2.42. The van der Waals surface area contributed by atoms with Gasteiger partial charge in [0.15, 0.2) is 16.8 Å². The summed E-state index contributed by atoms with van der Waals surface area (Å²) in [5.41, 5.74) is 3.33. The smallest absolute Gasteiger partial charge is 0.194 e. The van der Waals surface area contributed by atoms with Crippen LogP contribution in [0, 0.1) is 0 Å². The first-order chi connectivity index (χ1) is 8.84. The third-order valence-corrected chi connectivity index (χ3v) is 4.90. The van der Waals surface area contributed by atoms with Gasteiger partial charge in [-0.25, -0.2) is 0 Å². The van der Waals surface area contributed by atoms with Gasteiger partial charge in [0.1, 0.15) is 11.5 Å². The van der Waals surface area contributed by atoms with Crippen LogP contribution in [0.15, 0.2) is 36.4 Å². The van der Waals surface area contributed by atoms with E-state index in [2.05, 4.69) is 0 Å². The van der Waals surface area contributed by atoms with Crippen molar-refractivity contribution in [2.24, 2.45) is 0 Å². The number of rotatable bonds is 0. The highest BCUT2D eigenvalue weighted by Crippen LogP contribution is 2.52. The summed E-state index contributed by atoms with van der Waals surface area (Å²) in [6.07, 6.45) is 0. The molecule has 4 heteroatoms. The van der Waals surface area contributed by atoms with Gasteiger partial charge >= 0.3 is 0 Å². The van der Waals surface area contributed by atoms with Crippen LogP contribution in [0.3, 0.4) is 0 Å². The molecular weight excluding hydrogens is 248 g/mol. The van der Waals surface area contributed by atoms with Crippen molar-refractivity contribution < 1.29 is 13.2 Å². The molecule has 2 aliphatic heterocycles. The van der Waals surface area contributed by atoms with Gasteiger partial charge in [-0.2, -0.15) is 0 Å². The lowest BCUT2D eigenvalue weighted by Crippen LogP contribution is -2.18. The zero-order valence-electron chi connectivity index (χ0n) is 9.10. The van der Waals surface area contributed by atoms with Gasteiger partial charge in [-0.05, 0) is 12.1 Å². The van der Waals surface area contributed by atoms with Gasteiger partial charge in [0.25, 0.3) is 0 Å². The Morgan fingerprint density at radius 3 is 1.94 bits per heavy atom. The van der Waals surface area contributed by atoms with E-state index in [4.69, 9.17) is 8.37 Å². The second-order valence-corrected chi connectivity index (χ2v) is 5.63. The third-order valence-electron chi connectivity index (χ3n) is 3.49. The molecule has 0 saturated carbocycles. The van der Waals surface area contributed by atoms with Crippen molar-refractivity contribution in [1.82, 2.24) is 0 Å². The van der Waals surface area contributed by atoms with Crippen LogP contribution in [0.25, 0.3) is 0 Å². The van der Waals surface area contributed by atoms with E-state index < -0.39 is 11.0 Å². The number of carbonyl (C=O) groups is 1. The van der Waals surface area contributed by atoms with Crippen LogP contribution in [-0.4, -0.2) is 10.6 Å². The molecule has 0 bridgehead atoms. The zero-order chi connectivity index (χ0) is 11.9. The summed E-state index contributed by atoms with van der Waals surface area (Å²) < 4.78 is 11.6. The second-order valence-electron chi connectivity index (χ2n) is 4.42. The summed E-state index contributed by atoms with van der Waals surface area (Å²) in [5.74, 6) is 1.59. The van der Waals surface area contributed by atoms with E-state index in [1.807, 2.05) is 36.4 Å². The molecule has 3 nitrogen and oxygen atoms in total. The Kier molecular flexibility index (Phi) is 1.33. The monoisotopic (exact) mass is 254 g/mol.